The Morgan fingerprint density at radius 1 is 1.26 bits per heavy atom. The zero-order chi connectivity index (χ0) is 18.8. The molecule has 0 atom stereocenters. The van der Waals surface area contributed by atoms with E-state index in [1.165, 1.54) is 34.1 Å². The van der Waals surface area contributed by atoms with Crippen LogP contribution in [-0.4, -0.2) is 36.7 Å². The van der Waals surface area contributed by atoms with E-state index >= 15 is 0 Å². The summed E-state index contributed by atoms with van der Waals surface area (Å²) in [6.45, 7) is 2.08. The molecule has 2 aromatic carbocycles. The first kappa shape index (κ1) is 17.4. The van der Waals surface area contributed by atoms with Crippen LogP contribution in [0.25, 0.3) is 16.6 Å². The number of aryl methyl sites for hydroxylation is 1. The van der Waals surface area contributed by atoms with Gasteiger partial charge in [-0.3, -0.25) is 4.79 Å². The van der Waals surface area contributed by atoms with E-state index in [1.54, 1.807) is 18.3 Å². The summed E-state index contributed by atoms with van der Waals surface area (Å²) >= 11 is 1.22. The van der Waals surface area contributed by atoms with Gasteiger partial charge in [-0.2, -0.15) is 4.68 Å². The summed E-state index contributed by atoms with van der Waals surface area (Å²) in [4.78, 5) is 15.9. The van der Waals surface area contributed by atoms with Gasteiger partial charge in [0.05, 0.1) is 11.4 Å². The Labute approximate surface area is 158 Å². The van der Waals surface area contributed by atoms with Crippen molar-refractivity contribution in [3.05, 3.63) is 65.6 Å². The SMILES string of the molecule is CCc1cccc2c(C(=O)CSc3nnnn3-c3cccc(F)c3)c[nH]c12. The first-order valence-electron chi connectivity index (χ1n) is 8.46. The Balaban J connectivity index is 1.55. The lowest BCUT2D eigenvalue weighted by Gasteiger charge is -2.04. The predicted molar refractivity (Wildman–Crippen MR) is 102 cm³/mol. The molecule has 0 unspecified atom stereocenters. The van der Waals surface area contributed by atoms with Gasteiger partial charge in [0, 0.05) is 22.7 Å². The molecule has 4 aromatic rings. The summed E-state index contributed by atoms with van der Waals surface area (Å²) in [7, 11) is 0. The number of para-hydroxylation sites is 1. The van der Waals surface area contributed by atoms with Gasteiger partial charge < -0.3 is 4.98 Å². The normalized spacial score (nSPS) is 11.2. The summed E-state index contributed by atoms with van der Waals surface area (Å²) in [5.74, 6) is -0.215. The van der Waals surface area contributed by atoms with Crippen LogP contribution in [0.1, 0.15) is 22.8 Å². The van der Waals surface area contributed by atoms with Crippen LogP contribution >= 0.6 is 11.8 Å². The van der Waals surface area contributed by atoms with Crippen molar-refractivity contribution in [1.82, 2.24) is 25.2 Å². The van der Waals surface area contributed by atoms with Crippen molar-refractivity contribution in [2.24, 2.45) is 0 Å². The molecule has 0 aliphatic rings. The largest absolute Gasteiger partial charge is 0.360 e. The van der Waals surface area contributed by atoms with Gasteiger partial charge in [-0.25, -0.2) is 4.39 Å². The molecule has 6 nitrogen and oxygen atoms in total. The Morgan fingerprint density at radius 2 is 2.11 bits per heavy atom. The minimum Gasteiger partial charge on any atom is -0.360 e. The van der Waals surface area contributed by atoms with Gasteiger partial charge in [0.2, 0.25) is 5.16 Å². The number of carbonyl (C=O) groups is 1. The van der Waals surface area contributed by atoms with Gasteiger partial charge in [0.25, 0.3) is 0 Å². The molecule has 27 heavy (non-hydrogen) atoms. The molecule has 0 aliphatic carbocycles. The van der Waals surface area contributed by atoms with E-state index in [2.05, 4.69) is 33.5 Å². The molecule has 0 saturated heterocycles. The molecule has 8 heteroatoms. The van der Waals surface area contributed by atoms with E-state index in [0.29, 0.717) is 16.4 Å². The molecule has 1 N–H and O–H groups in total. The molecule has 2 aromatic heterocycles. The number of thioether (sulfide) groups is 1. The molecular formula is C19H16FN5OS. The number of Topliss-reactive ketones (excluding diaryl/α,β-unsaturated/α-hetero) is 1. The number of aromatic nitrogens is 5. The highest BCUT2D eigenvalue weighted by Crippen LogP contribution is 2.25. The van der Waals surface area contributed by atoms with Gasteiger partial charge in [0.15, 0.2) is 5.78 Å². The van der Waals surface area contributed by atoms with Crippen LogP contribution in [0.3, 0.4) is 0 Å². The molecule has 0 fully saturated rings. The maximum absolute atomic E-state index is 13.5. The van der Waals surface area contributed by atoms with Crippen molar-refractivity contribution < 1.29 is 9.18 Å². The number of nitrogens with zero attached hydrogens (tertiary/aromatic N) is 4. The number of tetrazole rings is 1. The molecule has 0 amide bonds. The molecule has 0 aliphatic heterocycles. The highest BCUT2D eigenvalue weighted by Gasteiger charge is 2.16. The highest BCUT2D eigenvalue weighted by atomic mass is 32.2. The Kier molecular flexibility index (Phi) is 4.72. The van der Waals surface area contributed by atoms with Crippen LogP contribution in [0.4, 0.5) is 4.39 Å². The molecule has 2 heterocycles. The van der Waals surface area contributed by atoms with Gasteiger partial charge in [-0.05, 0) is 40.6 Å². The fourth-order valence-corrected chi connectivity index (χ4v) is 3.76. The van der Waals surface area contributed by atoms with Crippen molar-refractivity contribution in [3.8, 4) is 5.69 Å². The number of carbonyl (C=O) groups excluding carboxylic acids is 1. The third-order valence-corrected chi connectivity index (χ3v) is 5.23. The van der Waals surface area contributed by atoms with E-state index in [4.69, 9.17) is 0 Å². The number of hydrogen-bond acceptors (Lipinski definition) is 5. The van der Waals surface area contributed by atoms with Crippen LogP contribution in [0.15, 0.2) is 53.8 Å². The van der Waals surface area contributed by atoms with E-state index in [1.807, 2.05) is 12.1 Å². The molecule has 136 valence electrons. The number of ketones is 1. The van der Waals surface area contributed by atoms with Gasteiger partial charge in [-0.1, -0.05) is 43.0 Å². The average Bonchev–Trinajstić information content (AvgIpc) is 3.32. The third kappa shape index (κ3) is 3.35. The van der Waals surface area contributed by atoms with E-state index in [-0.39, 0.29) is 17.4 Å². The minimum atomic E-state index is -0.374. The Hall–Kier alpha value is -3.00. The summed E-state index contributed by atoms with van der Waals surface area (Å²) in [5.41, 5.74) is 3.33. The summed E-state index contributed by atoms with van der Waals surface area (Å²) in [6, 6.07) is 11.9. The lowest BCUT2D eigenvalue weighted by molar-refractivity contribution is 0.102. The summed E-state index contributed by atoms with van der Waals surface area (Å²) in [6.07, 6.45) is 2.64. The number of halogens is 1. The number of rotatable bonds is 6. The minimum absolute atomic E-state index is 0.0201. The Morgan fingerprint density at radius 3 is 2.93 bits per heavy atom. The zero-order valence-electron chi connectivity index (χ0n) is 14.5. The van der Waals surface area contributed by atoms with Crippen LogP contribution in [-0.2, 0) is 6.42 Å². The number of nitrogens with one attached hydrogen (secondary N) is 1. The first-order chi connectivity index (χ1) is 13.2. The molecule has 0 saturated carbocycles. The van der Waals surface area contributed by atoms with Crippen LogP contribution < -0.4 is 0 Å². The van der Waals surface area contributed by atoms with Crippen molar-refractivity contribution >= 4 is 28.4 Å². The van der Waals surface area contributed by atoms with Crippen LogP contribution in [0, 0.1) is 5.82 Å². The molecule has 0 radical (unpaired) electrons. The van der Waals surface area contributed by atoms with E-state index in [0.717, 1.165) is 17.3 Å². The molecule has 4 rings (SSSR count). The number of fused-ring (bicyclic) bond motifs is 1. The summed E-state index contributed by atoms with van der Waals surface area (Å²) < 4.78 is 14.9. The molecule has 0 bridgehead atoms. The highest BCUT2D eigenvalue weighted by molar-refractivity contribution is 7.99. The second-order valence-electron chi connectivity index (χ2n) is 5.96. The second-order valence-corrected chi connectivity index (χ2v) is 6.90. The van der Waals surface area contributed by atoms with E-state index < -0.39 is 0 Å². The Bertz CT molecular complexity index is 1120. The topological polar surface area (TPSA) is 76.5 Å². The van der Waals surface area contributed by atoms with Crippen molar-refractivity contribution in [2.45, 2.75) is 18.5 Å². The standard InChI is InChI=1S/C19H16FN5OS/c1-2-12-5-3-8-15-16(10-21-18(12)15)17(26)11-27-19-22-23-24-25(19)14-7-4-6-13(20)9-14/h3-10,21H,2,11H2,1H3. The van der Waals surface area contributed by atoms with Gasteiger partial charge in [0.1, 0.15) is 5.82 Å². The number of benzene rings is 2. The number of aromatic amines is 1. The lowest BCUT2D eigenvalue weighted by atomic mass is 10.1. The maximum Gasteiger partial charge on any atom is 0.214 e. The fraction of sp³-hybridized carbons (Fsp3) is 0.158. The second kappa shape index (κ2) is 7.32. The zero-order valence-corrected chi connectivity index (χ0v) is 15.3. The number of hydrogen-bond donors (Lipinski definition) is 1. The van der Waals surface area contributed by atoms with Crippen molar-refractivity contribution in [3.63, 3.8) is 0 Å². The predicted octanol–water partition coefficient (Wildman–Crippen LogP) is 3.82. The molecular weight excluding hydrogens is 365 g/mol. The fourth-order valence-electron chi connectivity index (χ4n) is 2.99. The van der Waals surface area contributed by atoms with Crippen molar-refractivity contribution in [1.29, 1.82) is 0 Å². The van der Waals surface area contributed by atoms with Crippen LogP contribution in [0.5, 0.6) is 0 Å². The monoisotopic (exact) mass is 381 g/mol. The van der Waals surface area contributed by atoms with Crippen molar-refractivity contribution in [2.75, 3.05) is 5.75 Å². The lowest BCUT2D eigenvalue weighted by Crippen LogP contribution is -2.04. The number of H-pyrrole nitrogens is 1. The van der Waals surface area contributed by atoms with Gasteiger partial charge in [-0.15, -0.1) is 5.10 Å². The smallest absolute Gasteiger partial charge is 0.214 e. The first-order valence-corrected chi connectivity index (χ1v) is 9.45. The molecule has 0 spiro atoms. The van der Waals surface area contributed by atoms with Crippen LogP contribution in [0.2, 0.25) is 0 Å². The summed E-state index contributed by atoms with van der Waals surface area (Å²) in [5, 5.41) is 12.8. The third-order valence-electron chi connectivity index (χ3n) is 4.31. The quantitative estimate of drug-likeness (QED) is 0.406. The van der Waals surface area contributed by atoms with Gasteiger partial charge >= 0.3 is 0 Å². The van der Waals surface area contributed by atoms with E-state index in [9.17, 15) is 9.18 Å². The average molecular weight is 381 g/mol. The maximum atomic E-state index is 13.5.